The Morgan fingerprint density at radius 3 is 3.27 bits per heavy atom. The van der Waals surface area contributed by atoms with Gasteiger partial charge >= 0.3 is 0 Å². The van der Waals surface area contributed by atoms with Crippen molar-refractivity contribution in [2.45, 2.75) is 18.9 Å². The Bertz CT molecular complexity index is 344. The zero-order chi connectivity index (χ0) is 10.7. The largest absolute Gasteiger partial charge is 0.383 e. The van der Waals surface area contributed by atoms with Crippen LogP contribution in [0.3, 0.4) is 0 Å². The molecular formula is C9H14N4O2. The number of carbonyl (C=O) groups is 1. The zero-order valence-electron chi connectivity index (χ0n) is 8.32. The van der Waals surface area contributed by atoms with Gasteiger partial charge in [-0.3, -0.25) is 9.89 Å². The molecule has 0 radical (unpaired) electrons. The number of ether oxygens (including phenoxy) is 1. The predicted octanol–water partition coefficient (Wildman–Crippen LogP) is -0.0993. The number of nitrogens with zero attached hydrogens (tertiary/aromatic N) is 1. The van der Waals surface area contributed by atoms with Crippen LogP contribution in [0.5, 0.6) is 0 Å². The maximum absolute atomic E-state index is 11.6. The molecule has 0 aliphatic carbocycles. The van der Waals surface area contributed by atoms with Gasteiger partial charge in [-0.2, -0.15) is 5.10 Å². The average molecular weight is 210 g/mol. The standard InChI is InChI=1S/C9H14N4O2/c10-8-7(5-12-13-8)9(14)11-4-6-2-1-3-15-6/h5-6H,1-4H2,(H,11,14)(H3,10,12,13). The van der Waals surface area contributed by atoms with Crippen molar-refractivity contribution in [1.29, 1.82) is 0 Å². The minimum atomic E-state index is -0.211. The van der Waals surface area contributed by atoms with Gasteiger partial charge in [-0.1, -0.05) is 0 Å². The molecule has 1 saturated heterocycles. The Labute approximate surface area is 87.2 Å². The molecule has 1 fully saturated rings. The van der Waals surface area contributed by atoms with Crippen molar-refractivity contribution in [1.82, 2.24) is 15.5 Å². The molecule has 1 aromatic rings. The van der Waals surface area contributed by atoms with Crippen LogP contribution in [0.25, 0.3) is 0 Å². The molecule has 1 aromatic heterocycles. The summed E-state index contributed by atoms with van der Waals surface area (Å²) in [4.78, 5) is 11.6. The van der Waals surface area contributed by atoms with Crippen LogP contribution in [0.2, 0.25) is 0 Å². The number of hydrogen-bond acceptors (Lipinski definition) is 4. The SMILES string of the molecule is Nc1[nH]ncc1C(=O)NCC1CCCO1. The zero-order valence-corrected chi connectivity index (χ0v) is 8.32. The van der Waals surface area contributed by atoms with Gasteiger partial charge in [-0.05, 0) is 12.8 Å². The highest BCUT2D eigenvalue weighted by molar-refractivity contribution is 5.98. The van der Waals surface area contributed by atoms with E-state index in [0.717, 1.165) is 19.4 Å². The predicted molar refractivity (Wildman–Crippen MR) is 54.3 cm³/mol. The van der Waals surface area contributed by atoms with E-state index in [4.69, 9.17) is 10.5 Å². The van der Waals surface area contributed by atoms with E-state index >= 15 is 0 Å². The summed E-state index contributed by atoms with van der Waals surface area (Å²) < 4.78 is 5.38. The number of carbonyl (C=O) groups excluding carboxylic acids is 1. The van der Waals surface area contributed by atoms with Crippen LogP contribution in [0.4, 0.5) is 5.82 Å². The summed E-state index contributed by atoms with van der Waals surface area (Å²) in [5.41, 5.74) is 5.90. The third kappa shape index (κ3) is 2.27. The van der Waals surface area contributed by atoms with Gasteiger partial charge in [-0.15, -0.1) is 0 Å². The number of nitrogens with two attached hydrogens (primary N) is 1. The van der Waals surface area contributed by atoms with Crippen LogP contribution in [-0.4, -0.2) is 35.4 Å². The molecule has 82 valence electrons. The van der Waals surface area contributed by atoms with E-state index in [1.165, 1.54) is 6.20 Å². The summed E-state index contributed by atoms with van der Waals surface area (Å²) in [5.74, 6) is 0.0802. The first kappa shape index (κ1) is 9.97. The molecule has 15 heavy (non-hydrogen) atoms. The molecule has 2 heterocycles. The van der Waals surface area contributed by atoms with Gasteiger partial charge < -0.3 is 15.8 Å². The van der Waals surface area contributed by atoms with Crippen molar-refractivity contribution in [3.05, 3.63) is 11.8 Å². The molecule has 4 N–H and O–H groups in total. The van der Waals surface area contributed by atoms with E-state index in [-0.39, 0.29) is 12.0 Å². The van der Waals surface area contributed by atoms with Gasteiger partial charge in [0.2, 0.25) is 0 Å². The van der Waals surface area contributed by atoms with Crippen molar-refractivity contribution in [3.63, 3.8) is 0 Å². The lowest BCUT2D eigenvalue weighted by Gasteiger charge is -2.09. The quantitative estimate of drug-likeness (QED) is 0.649. The highest BCUT2D eigenvalue weighted by Crippen LogP contribution is 2.11. The lowest BCUT2D eigenvalue weighted by Crippen LogP contribution is -2.31. The van der Waals surface area contributed by atoms with E-state index < -0.39 is 0 Å². The van der Waals surface area contributed by atoms with Crippen LogP contribution >= 0.6 is 0 Å². The first-order chi connectivity index (χ1) is 7.27. The van der Waals surface area contributed by atoms with Crippen molar-refractivity contribution in [3.8, 4) is 0 Å². The molecule has 1 amide bonds. The van der Waals surface area contributed by atoms with E-state index in [9.17, 15) is 4.79 Å². The van der Waals surface area contributed by atoms with E-state index in [1.807, 2.05) is 0 Å². The molecule has 6 heteroatoms. The van der Waals surface area contributed by atoms with Crippen LogP contribution in [0.1, 0.15) is 23.2 Å². The first-order valence-corrected chi connectivity index (χ1v) is 4.96. The van der Waals surface area contributed by atoms with Crippen LogP contribution < -0.4 is 11.1 Å². The number of hydrogen-bond donors (Lipinski definition) is 3. The third-order valence-electron chi connectivity index (χ3n) is 2.43. The molecule has 6 nitrogen and oxygen atoms in total. The molecule has 2 rings (SSSR count). The number of nitrogen functional groups attached to an aromatic ring is 1. The lowest BCUT2D eigenvalue weighted by molar-refractivity contribution is 0.0858. The minimum absolute atomic E-state index is 0.141. The molecular weight excluding hydrogens is 196 g/mol. The highest BCUT2D eigenvalue weighted by atomic mass is 16.5. The molecule has 1 unspecified atom stereocenters. The second-order valence-electron chi connectivity index (χ2n) is 3.54. The van der Waals surface area contributed by atoms with Gasteiger partial charge in [0.05, 0.1) is 12.3 Å². The minimum Gasteiger partial charge on any atom is -0.383 e. The Balaban J connectivity index is 1.84. The Morgan fingerprint density at radius 2 is 2.67 bits per heavy atom. The van der Waals surface area contributed by atoms with E-state index in [2.05, 4.69) is 15.5 Å². The number of H-pyrrole nitrogens is 1. The maximum Gasteiger partial charge on any atom is 0.256 e. The first-order valence-electron chi connectivity index (χ1n) is 4.96. The normalized spacial score (nSPS) is 20.4. The molecule has 0 bridgehead atoms. The Kier molecular flexibility index (Phi) is 2.86. The van der Waals surface area contributed by atoms with E-state index in [0.29, 0.717) is 17.9 Å². The number of nitrogens with one attached hydrogen (secondary N) is 2. The van der Waals surface area contributed by atoms with Crippen LogP contribution in [0.15, 0.2) is 6.20 Å². The third-order valence-corrected chi connectivity index (χ3v) is 2.43. The highest BCUT2D eigenvalue weighted by Gasteiger charge is 2.17. The maximum atomic E-state index is 11.6. The van der Waals surface area contributed by atoms with Crippen molar-refractivity contribution >= 4 is 11.7 Å². The summed E-state index contributed by atoms with van der Waals surface area (Å²) in [7, 11) is 0. The fourth-order valence-electron chi connectivity index (χ4n) is 1.58. The summed E-state index contributed by atoms with van der Waals surface area (Å²) in [6.45, 7) is 1.32. The van der Waals surface area contributed by atoms with Gasteiger partial charge in [0.1, 0.15) is 11.4 Å². The second-order valence-corrected chi connectivity index (χ2v) is 3.54. The van der Waals surface area contributed by atoms with Gasteiger partial charge in [-0.25, -0.2) is 0 Å². The number of amides is 1. The van der Waals surface area contributed by atoms with Crippen molar-refractivity contribution in [2.24, 2.45) is 0 Å². The number of anilines is 1. The monoisotopic (exact) mass is 210 g/mol. The summed E-state index contributed by atoms with van der Waals surface area (Å²) >= 11 is 0. The fourth-order valence-corrected chi connectivity index (χ4v) is 1.58. The Hall–Kier alpha value is -1.56. The Morgan fingerprint density at radius 1 is 1.80 bits per heavy atom. The smallest absolute Gasteiger partial charge is 0.256 e. The topological polar surface area (TPSA) is 93.0 Å². The molecule has 0 saturated carbocycles. The van der Waals surface area contributed by atoms with Crippen LogP contribution in [-0.2, 0) is 4.74 Å². The number of aromatic nitrogens is 2. The number of aromatic amines is 1. The number of rotatable bonds is 3. The van der Waals surface area contributed by atoms with Crippen LogP contribution in [0, 0.1) is 0 Å². The van der Waals surface area contributed by atoms with Gasteiger partial charge in [0.25, 0.3) is 5.91 Å². The van der Waals surface area contributed by atoms with Gasteiger partial charge in [0.15, 0.2) is 0 Å². The lowest BCUT2D eigenvalue weighted by atomic mass is 10.2. The average Bonchev–Trinajstić information content (AvgIpc) is 2.84. The fraction of sp³-hybridized carbons (Fsp3) is 0.556. The molecule has 1 atom stereocenters. The molecule has 1 aliphatic rings. The summed E-state index contributed by atoms with van der Waals surface area (Å²) in [5, 5.41) is 8.96. The summed E-state index contributed by atoms with van der Waals surface area (Å²) in [6, 6.07) is 0. The molecule has 1 aliphatic heterocycles. The van der Waals surface area contributed by atoms with Crippen molar-refractivity contribution in [2.75, 3.05) is 18.9 Å². The molecule has 0 spiro atoms. The van der Waals surface area contributed by atoms with E-state index in [1.54, 1.807) is 0 Å². The summed E-state index contributed by atoms with van der Waals surface area (Å²) in [6.07, 6.45) is 3.62. The molecule has 0 aromatic carbocycles. The van der Waals surface area contributed by atoms with Gasteiger partial charge in [0, 0.05) is 13.2 Å². The van der Waals surface area contributed by atoms with Crippen molar-refractivity contribution < 1.29 is 9.53 Å². The second kappa shape index (κ2) is 4.31.